The lowest BCUT2D eigenvalue weighted by molar-refractivity contribution is 0.0520. The Labute approximate surface area is 191 Å². The van der Waals surface area contributed by atoms with Gasteiger partial charge in [-0.3, -0.25) is 0 Å². The van der Waals surface area contributed by atoms with Gasteiger partial charge in [0, 0.05) is 43.1 Å². The van der Waals surface area contributed by atoms with Gasteiger partial charge >= 0.3 is 18.1 Å². The van der Waals surface area contributed by atoms with Crippen molar-refractivity contribution in [3.63, 3.8) is 0 Å². The van der Waals surface area contributed by atoms with Gasteiger partial charge in [0.2, 0.25) is 0 Å². The number of aryl methyl sites for hydroxylation is 1. The van der Waals surface area contributed by atoms with E-state index in [-0.39, 0.29) is 18.3 Å². The van der Waals surface area contributed by atoms with Crippen LogP contribution < -0.4 is 10.2 Å². The lowest BCUT2D eigenvalue weighted by Crippen LogP contribution is -2.48. The number of esters is 1. The third-order valence-electron chi connectivity index (χ3n) is 5.53. The molecule has 1 aromatic heterocycles. The highest BCUT2D eigenvalue weighted by Crippen LogP contribution is 2.31. The van der Waals surface area contributed by atoms with Crippen molar-refractivity contribution in [3.05, 3.63) is 59.8 Å². The van der Waals surface area contributed by atoms with Crippen molar-refractivity contribution in [3.8, 4) is 11.3 Å². The molecule has 33 heavy (non-hydrogen) atoms. The molecule has 0 aliphatic carbocycles. The Hall–Kier alpha value is -4.01. The number of para-hydroxylation sites is 1. The van der Waals surface area contributed by atoms with E-state index in [2.05, 4.69) is 15.2 Å². The van der Waals surface area contributed by atoms with Crippen molar-refractivity contribution in [2.75, 3.05) is 43.0 Å². The molecule has 2 N–H and O–H groups in total. The van der Waals surface area contributed by atoms with Crippen LogP contribution in [-0.2, 0) is 4.74 Å². The Morgan fingerprint density at radius 2 is 1.79 bits per heavy atom. The summed E-state index contributed by atoms with van der Waals surface area (Å²) in [5.41, 5.74) is 3.62. The molecule has 0 spiro atoms. The maximum atomic E-state index is 12.5. The van der Waals surface area contributed by atoms with Crippen LogP contribution in [0, 0.1) is 6.92 Å². The third-order valence-corrected chi connectivity index (χ3v) is 5.53. The van der Waals surface area contributed by atoms with Crippen molar-refractivity contribution < 1.29 is 23.8 Å². The number of carbonyl (C=O) groups excluding carboxylic acids is 1. The summed E-state index contributed by atoms with van der Waals surface area (Å²) < 4.78 is 11.1. The normalized spacial score (nSPS) is 13.6. The van der Waals surface area contributed by atoms with Gasteiger partial charge in [-0.2, -0.15) is 4.98 Å². The minimum absolute atomic E-state index is 0.107. The average Bonchev–Trinajstić information content (AvgIpc) is 3.25. The summed E-state index contributed by atoms with van der Waals surface area (Å²) in [4.78, 5) is 31.5. The largest absolute Gasteiger partial charge is 0.465 e. The molecule has 2 aromatic carbocycles. The average molecular weight is 450 g/mol. The van der Waals surface area contributed by atoms with Crippen LogP contribution in [0.15, 0.2) is 52.9 Å². The number of carboxylic acid groups (broad SMARTS) is 1. The molecule has 1 fully saturated rings. The van der Waals surface area contributed by atoms with Gasteiger partial charge < -0.3 is 29.4 Å². The molecule has 0 atom stereocenters. The van der Waals surface area contributed by atoms with Gasteiger partial charge in [-0.05, 0) is 49.7 Å². The second-order valence-electron chi connectivity index (χ2n) is 7.66. The first kappa shape index (κ1) is 22.2. The zero-order valence-electron chi connectivity index (χ0n) is 18.6. The molecule has 1 aliphatic heterocycles. The van der Waals surface area contributed by atoms with Crippen molar-refractivity contribution in [1.82, 2.24) is 9.88 Å². The van der Waals surface area contributed by atoms with Gasteiger partial charge in [0.15, 0.2) is 11.5 Å². The highest BCUT2D eigenvalue weighted by atomic mass is 16.5. The number of piperazine rings is 1. The molecule has 0 bridgehead atoms. The van der Waals surface area contributed by atoms with E-state index in [1.165, 1.54) is 4.90 Å². The summed E-state index contributed by atoms with van der Waals surface area (Å²) in [6.45, 7) is 6.09. The molecule has 172 valence electrons. The van der Waals surface area contributed by atoms with Crippen LogP contribution in [0.3, 0.4) is 0 Å². The zero-order chi connectivity index (χ0) is 23.4. The van der Waals surface area contributed by atoms with Crippen LogP contribution in [0.1, 0.15) is 23.0 Å². The first-order chi connectivity index (χ1) is 16.0. The van der Waals surface area contributed by atoms with Gasteiger partial charge in [0.1, 0.15) is 0 Å². The predicted molar refractivity (Wildman–Crippen MR) is 124 cm³/mol. The summed E-state index contributed by atoms with van der Waals surface area (Å²) in [5, 5.41) is 12.3. The molecular weight excluding hydrogens is 424 g/mol. The number of oxazole rings is 1. The number of anilines is 3. The Morgan fingerprint density at radius 3 is 2.42 bits per heavy atom. The second-order valence-corrected chi connectivity index (χ2v) is 7.66. The Bertz CT molecular complexity index is 1130. The molecule has 4 rings (SSSR count). The number of ether oxygens (including phenoxy) is 1. The van der Waals surface area contributed by atoms with Gasteiger partial charge in [-0.15, -0.1) is 0 Å². The number of benzene rings is 2. The van der Waals surface area contributed by atoms with E-state index in [0.29, 0.717) is 37.5 Å². The number of hydrogen-bond acceptors (Lipinski definition) is 7. The number of rotatable bonds is 6. The van der Waals surface area contributed by atoms with Gasteiger partial charge in [0.25, 0.3) is 0 Å². The van der Waals surface area contributed by atoms with Crippen molar-refractivity contribution in [2.45, 2.75) is 13.8 Å². The fourth-order valence-electron chi connectivity index (χ4n) is 3.71. The lowest BCUT2D eigenvalue weighted by Gasteiger charge is -2.34. The van der Waals surface area contributed by atoms with Crippen molar-refractivity contribution in [2.24, 2.45) is 0 Å². The maximum Gasteiger partial charge on any atom is 0.407 e. The fraction of sp³-hybridized carbons (Fsp3) is 0.292. The van der Waals surface area contributed by atoms with E-state index in [1.807, 2.05) is 55.5 Å². The third kappa shape index (κ3) is 4.92. The maximum absolute atomic E-state index is 12.5. The molecule has 9 heteroatoms. The summed E-state index contributed by atoms with van der Waals surface area (Å²) in [6, 6.07) is 15.5. The molecule has 0 saturated carbocycles. The standard InChI is InChI=1S/C24H26N4O5/c1-3-32-22(29)20-21(33-23(26-20)25-19-7-5-4-6-16(19)2)17-8-10-18(11-9-17)27-12-14-28(15-13-27)24(30)31/h4-11H,3,12-15H2,1-2H3,(H,25,26)(H,30,31). The summed E-state index contributed by atoms with van der Waals surface area (Å²) in [6.07, 6.45) is -0.892. The summed E-state index contributed by atoms with van der Waals surface area (Å²) in [7, 11) is 0. The smallest absolute Gasteiger partial charge is 0.407 e. The fourth-order valence-corrected chi connectivity index (χ4v) is 3.71. The molecule has 2 heterocycles. The zero-order valence-corrected chi connectivity index (χ0v) is 18.6. The number of aromatic nitrogens is 1. The van der Waals surface area contributed by atoms with E-state index in [9.17, 15) is 9.59 Å². The summed E-state index contributed by atoms with van der Waals surface area (Å²) in [5.74, 6) is -0.227. The molecule has 3 aromatic rings. The first-order valence-electron chi connectivity index (χ1n) is 10.8. The minimum atomic E-state index is -0.892. The van der Waals surface area contributed by atoms with Crippen LogP contribution in [0.2, 0.25) is 0 Å². The van der Waals surface area contributed by atoms with E-state index < -0.39 is 12.1 Å². The molecule has 1 aliphatic rings. The number of amides is 1. The van der Waals surface area contributed by atoms with Crippen LogP contribution in [0.25, 0.3) is 11.3 Å². The Morgan fingerprint density at radius 1 is 1.09 bits per heavy atom. The SMILES string of the molecule is CCOC(=O)c1nc(Nc2ccccc2C)oc1-c1ccc(N2CCN(C(=O)O)CC2)cc1. The molecule has 0 radical (unpaired) electrons. The van der Waals surface area contributed by atoms with Gasteiger partial charge in [-0.1, -0.05) is 18.2 Å². The van der Waals surface area contributed by atoms with E-state index in [4.69, 9.17) is 14.3 Å². The molecule has 1 saturated heterocycles. The Kier molecular flexibility index (Phi) is 6.48. The topological polar surface area (TPSA) is 108 Å². The molecular formula is C24H26N4O5. The summed E-state index contributed by atoms with van der Waals surface area (Å²) >= 11 is 0. The highest BCUT2D eigenvalue weighted by Gasteiger charge is 2.24. The lowest BCUT2D eigenvalue weighted by atomic mass is 10.1. The van der Waals surface area contributed by atoms with Crippen molar-refractivity contribution in [1.29, 1.82) is 0 Å². The van der Waals surface area contributed by atoms with E-state index in [0.717, 1.165) is 16.9 Å². The van der Waals surface area contributed by atoms with E-state index in [1.54, 1.807) is 6.92 Å². The molecule has 9 nitrogen and oxygen atoms in total. The first-order valence-corrected chi connectivity index (χ1v) is 10.8. The van der Waals surface area contributed by atoms with E-state index >= 15 is 0 Å². The van der Waals surface area contributed by atoms with Gasteiger partial charge in [0.05, 0.1) is 6.61 Å². The highest BCUT2D eigenvalue weighted by molar-refractivity contribution is 5.94. The van der Waals surface area contributed by atoms with Crippen LogP contribution in [0.4, 0.5) is 22.2 Å². The number of carbonyl (C=O) groups is 2. The van der Waals surface area contributed by atoms with Gasteiger partial charge in [-0.25, -0.2) is 9.59 Å². The quantitative estimate of drug-likeness (QED) is 0.533. The minimum Gasteiger partial charge on any atom is -0.465 e. The van der Waals surface area contributed by atoms with Crippen molar-refractivity contribution >= 4 is 29.5 Å². The van der Waals surface area contributed by atoms with Crippen LogP contribution in [-0.4, -0.2) is 59.8 Å². The van der Waals surface area contributed by atoms with Crippen LogP contribution >= 0.6 is 0 Å². The number of nitrogens with one attached hydrogen (secondary N) is 1. The second kappa shape index (κ2) is 9.64. The predicted octanol–water partition coefficient (Wildman–Crippen LogP) is 4.37. The molecule has 1 amide bonds. The Balaban J connectivity index is 1.58. The molecule has 0 unspecified atom stereocenters. The number of hydrogen-bond donors (Lipinski definition) is 2. The monoisotopic (exact) mass is 450 g/mol. The van der Waals surface area contributed by atoms with Crippen LogP contribution in [0.5, 0.6) is 0 Å². The number of nitrogens with zero attached hydrogens (tertiary/aromatic N) is 3.